The predicted octanol–water partition coefficient (Wildman–Crippen LogP) is 3.40. The molecule has 5 heteroatoms. The first-order valence-electron chi connectivity index (χ1n) is 8.70. The van der Waals surface area contributed by atoms with E-state index in [2.05, 4.69) is 10.2 Å². The molecule has 2 unspecified atom stereocenters. The first-order valence-corrected chi connectivity index (χ1v) is 8.70. The molecule has 2 aromatic rings. The Morgan fingerprint density at radius 1 is 1.08 bits per heavy atom. The maximum atomic E-state index is 13.0. The van der Waals surface area contributed by atoms with Gasteiger partial charge in [-0.2, -0.15) is 0 Å². The average molecular weight is 340 g/mol. The maximum Gasteiger partial charge on any atom is 0.228 e. The monoisotopic (exact) mass is 340 g/mol. The van der Waals surface area contributed by atoms with Gasteiger partial charge in [0.15, 0.2) is 0 Å². The first-order chi connectivity index (χ1) is 12.2. The number of ether oxygens (including phenoxy) is 1. The van der Waals surface area contributed by atoms with Crippen molar-refractivity contribution >= 4 is 17.3 Å². The fourth-order valence-corrected chi connectivity index (χ4v) is 3.45. The standard InChI is InChI=1S/C20H21FN2O2/c21-15-7-5-14(6-8-15)16-13-17(16)20(24)22-18-3-1-2-4-19(18)23-9-11-25-12-10-23/h1-8,16-17H,9-13H2,(H,22,24). The smallest absolute Gasteiger partial charge is 0.228 e. The molecule has 1 saturated carbocycles. The maximum absolute atomic E-state index is 13.0. The molecule has 2 atom stereocenters. The SMILES string of the molecule is O=C(Nc1ccccc1N1CCOCC1)C1CC1c1ccc(F)cc1. The van der Waals surface area contributed by atoms with Gasteiger partial charge in [-0.3, -0.25) is 4.79 Å². The zero-order valence-electron chi connectivity index (χ0n) is 14.0. The van der Waals surface area contributed by atoms with Gasteiger partial charge in [0.05, 0.1) is 24.6 Å². The molecule has 0 bridgehead atoms. The van der Waals surface area contributed by atoms with Crippen LogP contribution < -0.4 is 10.2 Å². The highest BCUT2D eigenvalue weighted by Crippen LogP contribution is 2.48. The van der Waals surface area contributed by atoms with Crippen molar-refractivity contribution in [3.63, 3.8) is 0 Å². The zero-order valence-corrected chi connectivity index (χ0v) is 14.0. The van der Waals surface area contributed by atoms with Gasteiger partial charge >= 0.3 is 0 Å². The van der Waals surface area contributed by atoms with Gasteiger partial charge in [-0.15, -0.1) is 0 Å². The van der Waals surface area contributed by atoms with Crippen molar-refractivity contribution in [1.82, 2.24) is 0 Å². The van der Waals surface area contributed by atoms with E-state index < -0.39 is 0 Å². The van der Waals surface area contributed by atoms with E-state index in [0.717, 1.165) is 36.4 Å². The Morgan fingerprint density at radius 2 is 1.80 bits per heavy atom. The molecule has 4 rings (SSSR count). The summed E-state index contributed by atoms with van der Waals surface area (Å²) in [5.41, 5.74) is 2.92. The summed E-state index contributed by atoms with van der Waals surface area (Å²) in [6.45, 7) is 3.07. The molecular weight excluding hydrogens is 319 g/mol. The second-order valence-corrected chi connectivity index (χ2v) is 6.61. The Labute approximate surface area is 146 Å². The van der Waals surface area contributed by atoms with Crippen molar-refractivity contribution in [2.45, 2.75) is 12.3 Å². The molecule has 130 valence electrons. The number of carbonyl (C=O) groups excluding carboxylic acids is 1. The molecule has 2 aromatic carbocycles. The number of benzene rings is 2. The average Bonchev–Trinajstić information content (AvgIpc) is 3.44. The molecule has 1 N–H and O–H groups in total. The number of nitrogens with zero attached hydrogens (tertiary/aromatic N) is 1. The summed E-state index contributed by atoms with van der Waals surface area (Å²) in [5, 5.41) is 3.09. The van der Waals surface area contributed by atoms with Crippen molar-refractivity contribution in [1.29, 1.82) is 0 Å². The van der Waals surface area contributed by atoms with E-state index in [9.17, 15) is 9.18 Å². The van der Waals surface area contributed by atoms with Gasteiger partial charge in [0.2, 0.25) is 5.91 Å². The van der Waals surface area contributed by atoms with Crippen molar-refractivity contribution in [3.05, 3.63) is 59.9 Å². The molecular formula is C20H21FN2O2. The van der Waals surface area contributed by atoms with Crippen LogP contribution >= 0.6 is 0 Å². The third-order valence-corrected chi connectivity index (χ3v) is 4.94. The van der Waals surface area contributed by atoms with Crippen LogP contribution in [0.5, 0.6) is 0 Å². The van der Waals surface area contributed by atoms with E-state index in [1.54, 1.807) is 12.1 Å². The lowest BCUT2D eigenvalue weighted by atomic mass is 10.1. The Bertz CT molecular complexity index is 757. The fraction of sp³-hybridized carbons (Fsp3) is 0.350. The number of carbonyl (C=O) groups is 1. The summed E-state index contributed by atoms with van der Waals surface area (Å²) in [4.78, 5) is 14.9. The van der Waals surface area contributed by atoms with E-state index in [1.165, 1.54) is 12.1 Å². The summed E-state index contributed by atoms with van der Waals surface area (Å²) >= 11 is 0. The molecule has 2 fully saturated rings. The summed E-state index contributed by atoms with van der Waals surface area (Å²) in [6, 6.07) is 14.3. The highest BCUT2D eigenvalue weighted by atomic mass is 19.1. The number of hydrogen-bond donors (Lipinski definition) is 1. The normalized spacial score (nSPS) is 22.5. The van der Waals surface area contributed by atoms with Crippen LogP contribution in [-0.2, 0) is 9.53 Å². The molecule has 0 spiro atoms. The van der Waals surface area contributed by atoms with Gasteiger partial charge in [0.25, 0.3) is 0 Å². The van der Waals surface area contributed by atoms with Gasteiger partial charge in [-0.1, -0.05) is 24.3 Å². The molecule has 1 amide bonds. The number of hydrogen-bond acceptors (Lipinski definition) is 3. The molecule has 0 aromatic heterocycles. The highest BCUT2D eigenvalue weighted by molar-refractivity contribution is 5.98. The lowest BCUT2D eigenvalue weighted by Crippen LogP contribution is -2.36. The number of halogens is 1. The van der Waals surface area contributed by atoms with E-state index in [0.29, 0.717) is 13.2 Å². The molecule has 1 aliphatic heterocycles. The Hall–Kier alpha value is -2.40. The van der Waals surface area contributed by atoms with Crippen LogP contribution in [0.15, 0.2) is 48.5 Å². The van der Waals surface area contributed by atoms with Crippen LogP contribution in [0.4, 0.5) is 15.8 Å². The topological polar surface area (TPSA) is 41.6 Å². The number of anilines is 2. The second kappa shape index (κ2) is 6.84. The second-order valence-electron chi connectivity index (χ2n) is 6.61. The predicted molar refractivity (Wildman–Crippen MR) is 95.4 cm³/mol. The Kier molecular flexibility index (Phi) is 4.40. The largest absolute Gasteiger partial charge is 0.378 e. The summed E-state index contributed by atoms with van der Waals surface area (Å²) in [5.74, 6) is -0.0563. The quantitative estimate of drug-likeness (QED) is 0.927. The van der Waals surface area contributed by atoms with Gasteiger partial charge in [-0.05, 0) is 42.2 Å². The molecule has 4 nitrogen and oxygen atoms in total. The summed E-state index contributed by atoms with van der Waals surface area (Å²) in [7, 11) is 0. The van der Waals surface area contributed by atoms with Crippen molar-refractivity contribution in [2.75, 3.05) is 36.5 Å². The molecule has 0 radical (unpaired) electrons. The molecule has 2 aliphatic rings. The highest BCUT2D eigenvalue weighted by Gasteiger charge is 2.44. The minimum absolute atomic E-state index is 0.0371. The van der Waals surface area contributed by atoms with Crippen LogP contribution in [-0.4, -0.2) is 32.2 Å². The summed E-state index contributed by atoms with van der Waals surface area (Å²) < 4.78 is 18.4. The van der Waals surface area contributed by atoms with Gasteiger partial charge in [0.1, 0.15) is 5.82 Å². The first kappa shape index (κ1) is 16.1. The lowest BCUT2D eigenvalue weighted by Gasteiger charge is -2.30. The fourth-order valence-electron chi connectivity index (χ4n) is 3.45. The van der Waals surface area contributed by atoms with E-state index in [1.807, 2.05) is 24.3 Å². The van der Waals surface area contributed by atoms with Crippen LogP contribution in [0, 0.1) is 11.7 Å². The molecule has 25 heavy (non-hydrogen) atoms. The summed E-state index contributed by atoms with van der Waals surface area (Å²) in [6.07, 6.45) is 0.817. The van der Waals surface area contributed by atoms with Crippen LogP contribution in [0.2, 0.25) is 0 Å². The zero-order chi connectivity index (χ0) is 17.2. The minimum Gasteiger partial charge on any atom is -0.378 e. The number of para-hydroxylation sites is 2. The third kappa shape index (κ3) is 3.51. The van der Waals surface area contributed by atoms with Crippen molar-refractivity contribution in [2.24, 2.45) is 5.92 Å². The lowest BCUT2D eigenvalue weighted by molar-refractivity contribution is -0.117. The number of amides is 1. The molecule has 1 aliphatic carbocycles. The third-order valence-electron chi connectivity index (χ3n) is 4.94. The van der Waals surface area contributed by atoms with Crippen LogP contribution in [0.1, 0.15) is 17.9 Å². The minimum atomic E-state index is -0.246. The number of morpholine rings is 1. The molecule has 1 saturated heterocycles. The van der Waals surface area contributed by atoms with E-state index in [-0.39, 0.29) is 23.6 Å². The van der Waals surface area contributed by atoms with Crippen LogP contribution in [0.25, 0.3) is 0 Å². The Balaban J connectivity index is 1.44. The van der Waals surface area contributed by atoms with Gasteiger partial charge < -0.3 is 15.0 Å². The number of nitrogens with one attached hydrogen (secondary N) is 1. The van der Waals surface area contributed by atoms with E-state index in [4.69, 9.17) is 4.74 Å². The molecule has 1 heterocycles. The Morgan fingerprint density at radius 3 is 2.56 bits per heavy atom. The van der Waals surface area contributed by atoms with Crippen molar-refractivity contribution < 1.29 is 13.9 Å². The van der Waals surface area contributed by atoms with Crippen molar-refractivity contribution in [3.8, 4) is 0 Å². The van der Waals surface area contributed by atoms with Gasteiger partial charge in [-0.25, -0.2) is 4.39 Å². The number of rotatable bonds is 4. The van der Waals surface area contributed by atoms with E-state index >= 15 is 0 Å². The van der Waals surface area contributed by atoms with Crippen LogP contribution in [0.3, 0.4) is 0 Å². The van der Waals surface area contributed by atoms with Gasteiger partial charge in [0, 0.05) is 19.0 Å².